The minimum atomic E-state index is -0.402. The minimum Gasteiger partial charge on any atom is -0.494 e. The van der Waals surface area contributed by atoms with E-state index >= 15 is 0 Å². The lowest BCUT2D eigenvalue weighted by Crippen LogP contribution is -2.14. The summed E-state index contributed by atoms with van der Waals surface area (Å²) in [7, 11) is 0. The molecular weight excluding hydrogens is 414 g/mol. The van der Waals surface area contributed by atoms with Crippen molar-refractivity contribution in [3.05, 3.63) is 94.8 Å². The van der Waals surface area contributed by atoms with Crippen molar-refractivity contribution < 1.29 is 14.3 Å². The fourth-order valence-electron chi connectivity index (χ4n) is 3.43. The van der Waals surface area contributed by atoms with Crippen LogP contribution in [0.5, 0.6) is 5.75 Å². The molecule has 0 saturated heterocycles. The summed E-state index contributed by atoms with van der Waals surface area (Å²) in [5.74, 6) is 0.0150. The lowest BCUT2D eigenvalue weighted by Gasteiger charge is -2.07. The molecule has 7 heteroatoms. The maximum absolute atomic E-state index is 13.2. The topological polar surface area (TPSA) is 85.8 Å². The average molecular weight is 434 g/mol. The quantitative estimate of drug-likeness (QED) is 0.416. The van der Waals surface area contributed by atoms with Gasteiger partial charge >= 0.3 is 0 Å². The van der Waals surface area contributed by atoms with Crippen LogP contribution < -0.4 is 15.8 Å². The molecule has 4 aromatic rings. The first-order chi connectivity index (χ1) is 15.0. The molecular formula is C24H20ClN3O3. The summed E-state index contributed by atoms with van der Waals surface area (Å²) in [5, 5.41) is 3.37. The summed E-state index contributed by atoms with van der Waals surface area (Å²) in [4.78, 5) is 26.3. The van der Waals surface area contributed by atoms with Crippen LogP contribution >= 0.6 is 11.6 Å². The Morgan fingerprint density at radius 3 is 2.42 bits per heavy atom. The molecule has 0 saturated carbocycles. The number of nitrogen functional groups attached to an aromatic ring is 1. The van der Waals surface area contributed by atoms with E-state index < -0.39 is 5.91 Å². The van der Waals surface area contributed by atoms with Crippen LogP contribution in [0, 0.1) is 0 Å². The number of ether oxygens (including phenoxy) is 1. The minimum absolute atomic E-state index is 0.120. The van der Waals surface area contributed by atoms with Crippen LogP contribution in [-0.2, 0) is 0 Å². The third-order valence-corrected chi connectivity index (χ3v) is 5.11. The number of carbonyl (C=O) groups is 2. The molecule has 0 radical (unpaired) electrons. The van der Waals surface area contributed by atoms with Crippen LogP contribution in [0.2, 0.25) is 5.02 Å². The zero-order chi connectivity index (χ0) is 22.0. The van der Waals surface area contributed by atoms with Gasteiger partial charge in [-0.15, -0.1) is 0 Å². The van der Waals surface area contributed by atoms with Gasteiger partial charge in [-0.25, -0.2) is 0 Å². The van der Waals surface area contributed by atoms with Gasteiger partial charge in [0, 0.05) is 22.5 Å². The highest BCUT2D eigenvalue weighted by molar-refractivity contribution is 6.30. The number of aromatic nitrogens is 1. The second-order valence-corrected chi connectivity index (χ2v) is 7.28. The molecule has 0 unspecified atom stereocenters. The highest BCUT2D eigenvalue weighted by atomic mass is 35.5. The molecule has 0 spiro atoms. The molecule has 6 nitrogen and oxygen atoms in total. The van der Waals surface area contributed by atoms with Crippen LogP contribution in [0.15, 0.2) is 72.9 Å². The molecule has 0 aliphatic carbocycles. The lowest BCUT2D eigenvalue weighted by molar-refractivity contribution is 0.102. The third kappa shape index (κ3) is 3.98. The molecule has 0 bridgehead atoms. The summed E-state index contributed by atoms with van der Waals surface area (Å²) >= 11 is 5.94. The van der Waals surface area contributed by atoms with Gasteiger partial charge in [-0.2, -0.15) is 0 Å². The smallest absolute Gasteiger partial charge is 0.259 e. The van der Waals surface area contributed by atoms with Gasteiger partial charge in [0.25, 0.3) is 5.91 Å². The summed E-state index contributed by atoms with van der Waals surface area (Å²) in [6.45, 7) is 2.46. The van der Waals surface area contributed by atoms with E-state index in [2.05, 4.69) is 5.32 Å². The van der Waals surface area contributed by atoms with Gasteiger partial charge < -0.3 is 20.2 Å². The summed E-state index contributed by atoms with van der Waals surface area (Å²) in [6, 6.07) is 18.9. The third-order valence-electron chi connectivity index (χ3n) is 4.85. The van der Waals surface area contributed by atoms with Gasteiger partial charge in [0.15, 0.2) is 0 Å². The molecule has 0 fully saturated rings. The molecule has 2 aromatic carbocycles. The number of nitrogens with one attached hydrogen (secondary N) is 1. The Hall–Kier alpha value is -3.77. The van der Waals surface area contributed by atoms with Gasteiger partial charge in [0.1, 0.15) is 11.4 Å². The zero-order valence-corrected chi connectivity index (χ0v) is 17.5. The Bertz CT molecular complexity index is 1260. The van der Waals surface area contributed by atoms with Crippen molar-refractivity contribution in [1.29, 1.82) is 0 Å². The SMILES string of the molecule is CCOc1ccc(NC(=O)c2c(N)c(C(=O)c3ccc(Cl)cc3)n3ccccc23)cc1. The van der Waals surface area contributed by atoms with E-state index in [0.717, 1.165) is 0 Å². The molecule has 2 aromatic heterocycles. The van der Waals surface area contributed by atoms with E-state index in [0.29, 0.717) is 34.1 Å². The molecule has 3 N–H and O–H groups in total. The fraction of sp³-hybridized carbons (Fsp3) is 0.0833. The number of halogens is 1. The van der Waals surface area contributed by atoms with E-state index in [4.69, 9.17) is 22.1 Å². The monoisotopic (exact) mass is 433 g/mol. The van der Waals surface area contributed by atoms with Crippen LogP contribution in [0.4, 0.5) is 11.4 Å². The summed E-state index contributed by atoms with van der Waals surface area (Å²) in [6.07, 6.45) is 1.71. The second-order valence-electron chi connectivity index (χ2n) is 6.84. The molecule has 31 heavy (non-hydrogen) atoms. The van der Waals surface area contributed by atoms with Crippen molar-refractivity contribution in [3.63, 3.8) is 0 Å². The molecule has 0 atom stereocenters. The molecule has 0 aliphatic rings. The normalized spacial score (nSPS) is 10.8. The van der Waals surface area contributed by atoms with Gasteiger partial charge in [0.2, 0.25) is 5.78 Å². The van der Waals surface area contributed by atoms with Gasteiger partial charge in [0.05, 0.1) is 23.4 Å². The summed E-state index contributed by atoms with van der Waals surface area (Å²) < 4.78 is 7.06. The average Bonchev–Trinajstić information content (AvgIpc) is 3.07. The molecule has 2 heterocycles. The van der Waals surface area contributed by atoms with Crippen LogP contribution in [0.25, 0.3) is 5.52 Å². The van der Waals surface area contributed by atoms with Gasteiger partial charge in [-0.1, -0.05) is 17.7 Å². The number of amides is 1. The largest absolute Gasteiger partial charge is 0.494 e. The first-order valence-electron chi connectivity index (χ1n) is 9.72. The van der Waals surface area contributed by atoms with E-state index in [9.17, 15) is 9.59 Å². The van der Waals surface area contributed by atoms with Crippen molar-refractivity contribution >= 4 is 40.2 Å². The van der Waals surface area contributed by atoms with E-state index in [1.807, 2.05) is 6.92 Å². The second kappa shape index (κ2) is 8.53. The van der Waals surface area contributed by atoms with Crippen LogP contribution in [0.1, 0.15) is 33.3 Å². The zero-order valence-electron chi connectivity index (χ0n) is 16.8. The van der Waals surface area contributed by atoms with Gasteiger partial charge in [-0.05, 0) is 67.6 Å². The Morgan fingerprint density at radius 2 is 1.74 bits per heavy atom. The van der Waals surface area contributed by atoms with Crippen molar-refractivity contribution in [2.24, 2.45) is 0 Å². The highest BCUT2D eigenvalue weighted by Gasteiger charge is 2.26. The van der Waals surface area contributed by atoms with Crippen molar-refractivity contribution in [3.8, 4) is 5.75 Å². The first kappa shape index (κ1) is 20.5. The number of benzene rings is 2. The van der Waals surface area contributed by atoms with E-state index in [1.54, 1.807) is 77.3 Å². The van der Waals surface area contributed by atoms with Crippen LogP contribution in [0.3, 0.4) is 0 Å². The number of carbonyl (C=O) groups excluding carboxylic acids is 2. The van der Waals surface area contributed by atoms with Gasteiger partial charge in [-0.3, -0.25) is 9.59 Å². The maximum atomic E-state index is 13.2. The van der Waals surface area contributed by atoms with Crippen molar-refractivity contribution in [2.45, 2.75) is 6.92 Å². The Kier molecular flexibility index (Phi) is 5.64. The Balaban J connectivity index is 1.73. The van der Waals surface area contributed by atoms with Crippen LogP contribution in [-0.4, -0.2) is 22.7 Å². The number of hydrogen-bond acceptors (Lipinski definition) is 4. The molecule has 1 amide bonds. The number of pyridine rings is 1. The lowest BCUT2D eigenvalue weighted by atomic mass is 10.1. The maximum Gasteiger partial charge on any atom is 0.259 e. The highest BCUT2D eigenvalue weighted by Crippen LogP contribution is 2.29. The number of rotatable bonds is 6. The number of ketones is 1. The Morgan fingerprint density at radius 1 is 1.03 bits per heavy atom. The predicted molar refractivity (Wildman–Crippen MR) is 122 cm³/mol. The number of hydrogen-bond donors (Lipinski definition) is 2. The summed E-state index contributed by atoms with van der Waals surface area (Å²) in [5.41, 5.74) is 8.51. The van der Waals surface area contributed by atoms with Crippen molar-refractivity contribution in [1.82, 2.24) is 4.40 Å². The first-order valence-corrected chi connectivity index (χ1v) is 10.1. The predicted octanol–water partition coefficient (Wildman–Crippen LogP) is 5.06. The van der Waals surface area contributed by atoms with E-state index in [1.165, 1.54) is 0 Å². The number of nitrogens with zero attached hydrogens (tertiary/aromatic N) is 1. The standard InChI is InChI=1S/C24H20ClN3O3/c1-2-31-18-12-10-17(11-13-18)27-24(30)20-19-5-3-4-14-28(19)22(21(20)26)23(29)15-6-8-16(25)9-7-15/h3-14H,2,26H2,1H3,(H,27,30). The number of nitrogens with two attached hydrogens (primary N) is 1. The Labute approximate surface area is 184 Å². The number of anilines is 2. The fourth-order valence-corrected chi connectivity index (χ4v) is 3.56. The molecule has 156 valence electrons. The van der Waals surface area contributed by atoms with E-state index in [-0.39, 0.29) is 22.7 Å². The number of fused-ring (bicyclic) bond motifs is 1. The molecule has 4 rings (SSSR count). The van der Waals surface area contributed by atoms with Crippen molar-refractivity contribution in [2.75, 3.05) is 17.7 Å². The molecule has 0 aliphatic heterocycles.